The van der Waals surface area contributed by atoms with E-state index in [9.17, 15) is 4.79 Å². The monoisotopic (exact) mass is 236 g/mol. The zero-order valence-corrected chi connectivity index (χ0v) is 9.85. The van der Waals surface area contributed by atoms with Crippen LogP contribution in [0.3, 0.4) is 0 Å². The van der Waals surface area contributed by atoms with Crippen molar-refractivity contribution >= 4 is 6.29 Å². The fraction of sp³-hybridized carbons (Fsp3) is 0.462. The van der Waals surface area contributed by atoms with Crippen molar-refractivity contribution in [2.75, 3.05) is 20.3 Å². The molecule has 1 aliphatic rings. The summed E-state index contributed by atoms with van der Waals surface area (Å²) < 4.78 is 16.0. The number of carbonyl (C=O) groups is 1. The summed E-state index contributed by atoms with van der Waals surface area (Å²) in [7, 11) is 1.61. The summed E-state index contributed by atoms with van der Waals surface area (Å²) in [5.41, 5.74) is 1.08. The van der Waals surface area contributed by atoms with Gasteiger partial charge in [0.1, 0.15) is 12.4 Å². The number of aldehydes is 1. The highest BCUT2D eigenvalue weighted by molar-refractivity contribution is 5.51. The van der Waals surface area contributed by atoms with Crippen LogP contribution in [0.25, 0.3) is 0 Å². The summed E-state index contributed by atoms with van der Waals surface area (Å²) in [5, 5.41) is 0. The smallest absolute Gasteiger partial charge is 0.161 e. The Bertz CT molecular complexity index is 385. The largest absolute Gasteiger partial charge is 0.493 e. The molecule has 1 aliphatic heterocycles. The van der Waals surface area contributed by atoms with Gasteiger partial charge in [0.15, 0.2) is 11.5 Å². The van der Waals surface area contributed by atoms with Crippen molar-refractivity contribution in [3.05, 3.63) is 23.8 Å². The number of aryl methyl sites for hydroxylation is 1. The molecule has 0 atom stereocenters. The minimum absolute atomic E-state index is 0.129. The Morgan fingerprint density at radius 2 is 2.24 bits per heavy atom. The molecule has 0 spiro atoms. The van der Waals surface area contributed by atoms with Gasteiger partial charge in [0.2, 0.25) is 0 Å². The number of hydrogen-bond donors (Lipinski definition) is 0. The summed E-state index contributed by atoms with van der Waals surface area (Å²) in [6, 6.07) is 5.76. The Kier molecular flexibility index (Phi) is 3.98. The molecule has 1 aromatic carbocycles. The molecule has 4 nitrogen and oxygen atoms in total. The molecule has 0 aromatic heterocycles. The fourth-order valence-corrected chi connectivity index (χ4v) is 1.65. The maximum atomic E-state index is 10.3. The summed E-state index contributed by atoms with van der Waals surface area (Å²) in [6.45, 7) is 1.27. The Labute approximate surface area is 100 Å². The summed E-state index contributed by atoms with van der Waals surface area (Å²) >= 11 is 0. The normalized spacial score (nSPS) is 15.1. The predicted octanol–water partition coefficient (Wildman–Crippen LogP) is 1.60. The van der Waals surface area contributed by atoms with Gasteiger partial charge in [-0.1, -0.05) is 6.07 Å². The van der Waals surface area contributed by atoms with Gasteiger partial charge in [0.05, 0.1) is 20.3 Å². The van der Waals surface area contributed by atoms with Crippen molar-refractivity contribution in [3.8, 4) is 11.5 Å². The van der Waals surface area contributed by atoms with Crippen LogP contribution >= 0.6 is 0 Å². The summed E-state index contributed by atoms with van der Waals surface area (Å²) in [6.07, 6.45) is 2.31. The quantitative estimate of drug-likeness (QED) is 0.704. The van der Waals surface area contributed by atoms with Crippen LogP contribution in [0.4, 0.5) is 0 Å². The van der Waals surface area contributed by atoms with Gasteiger partial charge in [0, 0.05) is 6.42 Å². The molecule has 0 amide bonds. The lowest BCUT2D eigenvalue weighted by molar-refractivity contribution is -0.107. The first kappa shape index (κ1) is 11.9. The van der Waals surface area contributed by atoms with E-state index in [4.69, 9.17) is 14.2 Å². The van der Waals surface area contributed by atoms with Gasteiger partial charge in [-0.15, -0.1) is 0 Å². The molecule has 0 N–H and O–H groups in total. The number of benzene rings is 1. The zero-order valence-electron chi connectivity index (χ0n) is 9.85. The number of carbonyl (C=O) groups excluding carboxylic acids is 1. The lowest BCUT2D eigenvalue weighted by Gasteiger charge is -2.27. The number of ether oxygens (including phenoxy) is 3. The van der Waals surface area contributed by atoms with Crippen LogP contribution in [0, 0.1) is 0 Å². The Hall–Kier alpha value is -1.55. The third kappa shape index (κ3) is 2.97. The number of methoxy groups -OCH3 is 1. The maximum absolute atomic E-state index is 10.3. The summed E-state index contributed by atoms with van der Waals surface area (Å²) in [4.78, 5) is 10.3. The van der Waals surface area contributed by atoms with Crippen molar-refractivity contribution in [2.45, 2.75) is 18.9 Å². The highest BCUT2D eigenvalue weighted by Crippen LogP contribution is 2.30. The predicted molar refractivity (Wildman–Crippen MR) is 62.6 cm³/mol. The van der Waals surface area contributed by atoms with E-state index in [1.807, 2.05) is 18.2 Å². The Balaban J connectivity index is 2.06. The molecule has 1 fully saturated rings. The standard InChI is InChI=1S/C13H16O4/c1-15-13-7-10(3-2-6-14)4-5-12(13)17-11-8-16-9-11/h4-7,11H,2-3,8-9H2,1H3. The average molecular weight is 236 g/mol. The van der Waals surface area contributed by atoms with Crippen LogP contribution in [0.5, 0.6) is 11.5 Å². The van der Waals surface area contributed by atoms with Crippen molar-refractivity contribution in [1.82, 2.24) is 0 Å². The van der Waals surface area contributed by atoms with E-state index in [0.717, 1.165) is 24.0 Å². The highest BCUT2D eigenvalue weighted by atomic mass is 16.6. The van der Waals surface area contributed by atoms with Crippen LogP contribution in [0.15, 0.2) is 18.2 Å². The molecule has 17 heavy (non-hydrogen) atoms. The van der Waals surface area contributed by atoms with E-state index in [1.165, 1.54) is 0 Å². The molecule has 1 saturated heterocycles. The van der Waals surface area contributed by atoms with Crippen molar-refractivity contribution in [2.24, 2.45) is 0 Å². The molecule has 4 heteroatoms. The molecular formula is C13H16O4. The van der Waals surface area contributed by atoms with E-state index in [1.54, 1.807) is 7.11 Å². The second-order valence-corrected chi connectivity index (χ2v) is 3.97. The van der Waals surface area contributed by atoms with Gasteiger partial charge in [0.25, 0.3) is 0 Å². The minimum atomic E-state index is 0.129. The second-order valence-electron chi connectivity index (χ2n) is 3.97. The van der Waals surface area contributed by atoms with E-state index in [-0.39, 0.29) is 6.10 Å². The van der Waals surface area contributed by atoms with E-state index >= 15 is 0 Å². The third-order valence-electron chi connectivity index (χ3n) is 2.68. The van der Waals surface area contributed by atoms with Gasteiger partial charge in [-0.05, 0) is 24.1 Å². The van der Waals surface area contributed by atoms with Gasteiger partial charge in [-0.2, -0.15) is 0 Å². The highest BCUT2D eigenvalue weighted by Gasteiger charge is 2.21. The zero-order chi connectivity index (χ0) is 12.1. The SMILES string of the molecule is COc1cc(CCC=O)ccc1OC1COC1. The summed E-state index contributed by atoms with van der Waals surface area (Å²) in [5.74, 6) is 1.44. The van der Waals surface area contributed by atoms with Gasteiger partial charge < -0.3 is 19.0 Å². The van der Waals surface area contributed by atoms with E-state index < -0.39 is 0 Å². The molecule has 92 valence electrons. The Morgan fingerprint density at radius 1 is 1.41 bits per heavy atom. The van der Waals surface area contributed by atoms with Gasteiger partial charge in [-0.25, -0.2) is 0 Å². The van der Waals surface area contributed by atoms with Crippen molar-refractivity contribution < 1.29 is 19.0 Å². The second kappa shape index (κ2) is 5.68. The first-order valence-corrected chi connectivity index (χ1v) is 5.68. The fourth-order valence-electron chi connectivity index (χ4n) is 1.65. The van der Waals surface area contributed by atoms with Crippen molar-refractivity contribution in [1.29, 1.82) is 0 Å². The molecule has 0 radical (unpaired) electrons. The molecule has 1 aromatic rings. The van der Waals surface area contributed by atoms with Crippen molar-refractivity contribution in [3.63, 3.8) is 0 Å². The first-order valence-electron chi connectivity index (χ1n) is 5.68. The maximum Gasteiger partial charge on any atom is 0.161 e. The number of rotatable bonds is 6. The molecule has 0 aliphatic carbocycles. The molecule has 1 heterocycles. The first-order chi connectivity index (χ1) is 8.33. The van der Waals surface area contributed by atoms with Gasteiger partial charge >= 0.3 is 0 Å². The third-order valence-corrected chi connectivity index (χ3v) is 2.68. The van der Waals surface area contributed by atoms with Crippen LogP contribution < -0.4 is 9.47 Å². The topological polar surface area (TPSA) is 44.8 Å². The van der Waals surface area contributed by atoms with E-state index in [2.05, 4.69) is 0 Å². The molecule has 0 bridgehead atoms. The number of hydrogen-bond acceptors (Lipinski definition) is 4. The molecule has 2 rings (SSSR count). The van der Waals surface area contributed by atoms with Crippen LogP contribution in [-0.4, -0.2) is 32.7 Å². The average Bonchev–Trinajstić information content (AvgIpc) is 2.31. The van der Waals surface area contributed by atoms with Gasteiger partial charge in [-0.3, -0.25) is 0 Å². The van der Waals surface area contributed by atoms with Crippen LogP contribution in [0.2, 0.25) is 0 Å². The van der Waals surface area contributed by atoms with E-state index in [0.29, 0.717) is 25.4 Å². The van der Waals surface area contributed by atoms with Crippen LogP contribution in [0.1, 0.15) is 12.0 Å². The Morgan fingerprint density at radius 3 is 2.82 bits per heavy atom. The lowest BCUT2D eigenvalue weighted by Crippen LogP contribution is -2.38. The molecular weight excluding hydrogens is 220 g/mol. The lowest BCUT2D eigenvalue weighted by atomic mass is 10.1. The minimum Gasteiger partial charge on any atom is -0.493 e. The van der Waals surface area contributed by atoms with Crippen LogP contribution in [-0.2, 0) is 16.0 Å². The molecule has 0 saturated carbocycles. The molecule has 0 unspecified atom stereocenters.